The Kier molecular flexibility index (Phi) is 11.4. The number of aryl methyl sites for hydroxylation is 6. The van der Waals surface area contributed by atoms with Crippen molar-refractivity contribution in [2.45, 2.75) is 113 Å². The lowest BCUT2D eigenvalue weighted by Gasteiger charge is -2.27. The fraction of sp³-hybridized carbons (Fsp3) is 0.467. The maximum Gasteiger partial charge on any atom is 0.123 e. The fourth-order valence-electron chi connectivity index (χ4n) is 8.07. The van der Waals surface area contributed by atoms with Crippen molar-refractivity contribution >= 4 is 0 Å². The van der Waals surface area contributed by atoms with Crippen LogP contribution >= 0.6 is 0 Å². The summed E-state index contributed by atoms with van der Waals surface area (Å²) in [4.78, 5) is 5.24. The summed E-state index contributed by atoms with van der Waals surface area (Å²) in [6.45, 7) is 21.3. The second-order valence-corrected chi connectivity index (χ2v) is 14.9. The first kappa shape index (κ1) is 34.5. The molecule has 4 aromatic carbocycles. The van der Waals surface area contributed by atoms with Crippen LogP contribution in [0.25, 0.3) is 11.1 Å². The van der Waals surface area contributed by atoms with Gasteiger partial charge in [0, 0.05) is 13.1 Å². The molecule has 0 N–H and O–H groups in total. The van der Waals surface area contributed by atoms with E-state index in [1.807, 2.05) is 0 Å². The molecule has 2 fully saturated rings. The second kappa shape index (κ2) is 15.9. The molecule has 0 bridgehead atoms. The predicted octanol–water partition coefficient (Wildman–Crippen LogP) is 10.5. The molecule has 6 rings (SSSR count). The Bertz CT molecular complexity index is 1580. The third-order valence-electron chi connectivity index (χ3n) is 11.3. The number of nitrogens with zero attached hydrogens (tertiary/aromatic N) is 2. The van der Waals surface area contributed by atoms with Gasteiger partial charge in [0.05, 0.1) is 0 Å². The highest BCUT2D eigenvalue weighted by Gasteiger charge is 2.16. The summed E-state index contributed by atoms with van der Waals surface area (Å²) < 4.78 is 6.52. The molecule has 2 aliphatic heterocycles. The number of ether oxygens (including phenoxy) is 1. The maximum atomic E-state index is 6.52. The van der Waals surface area contributed by atoms with E-state index in [0.717, 1.165) is 31.7 Å². The first-order valence-electron chi connectivity index (χ1n) is 18.7. The van der Waals surface area contributed by atoms with Crippen LogP contribution in [-0.2, 0) is 32.5 Å². The molecule has 0 unspecified atom stereocenters. The van der Waals surface area contributed by atoms with Crippen molar-refractivity contribution in [3.05, 3.63) is 122 Å². The number of hydrogen-bond donors (Lipinski definition) is 0. The van der Waals surface area contributed by atoms with Crippen LogP contribution in [-0.4, -0.2) is 36.0 Å². The third-order valence-corrected chi connectivity index (χ3v) is 11.3. The molecule has 2 heterocycles. The van der Waals surface area contributed by atoms with Gasteiger partial charge in [-0.25, -0.2) is 0 Å². The van der Waals surface area contributed by atoms with E-state index >= 15 is 0 Å². The van der Waals surface area contributed by atoms with E-state index in [9.17, 15) is 0 Å². The lowest BCUT2D eigenvalue weighted by atomic mass is 9.89. The van der Waals surface area contributed by atoms with Crippen molar-refractivity contribution in [1.82, 2.24) is 9.80 Å². The summed E-state index contributed by atoms with van der Waals surface area (Å²) >= 11 is 0. The van der Waals surface area contributed by atoms with E-state index in [4.69, 9.17) is 4.74 Å². The molecule has 0 saturated carbocycles. The van der Waals surface area contributed by atoms with E-state index in [1.165, 1.54) is 137 Å². The van der Waals surface area contributed by atoms with Crippen LogP contribution in [0.2, 0.25) is 0 Å². The average Bonchev–Trinajstić information content (AvgIpc) is 3.09. The Morgan fingerprint density at radius 2 is 0.938 bits per heavy atom. The molecular weight excluding hydrogens is 585 g/mol. The minimum Gasteiger partial charge on any atom is -0.489 e. The van der Waals surface area contributed by atoms with Gasteiger partial charge in [0.15, 0.2) is 0 Å². The zero-order valence-corrected chi connectivity index (χ0v) is 30.7. The van der Waals surface area contributed by atoms with Gasteiger partial charge in [0.25, 0.3) is 0 Å². The SMILES string of the molecule is Cc1cc(CN2CCCCC2)c(C)cc1CCc1cccc(-c2cccc(COc3cc(C)c(CN4CCCCC4)cc3C)c2C)c1C. The summed E-state index contributed by atoms with van der Waals surface area (Å²) in [5.74, 6) is 1.00. The van der Waals surface area contributed by atoms with Gasteiger partial charge in [-0.3, -0.25) is 9.80 Å². The Hall–Kier alpha value is -3.40. The molecule has 0 spiro atoms. The number of hydrogen-bond acceptors (Lipinski definition) is 3. The molecule has 3 nitrogen and oxygen atoms in total. The molecule has 0 radical (unpaired) electrons. The van der Waals surface area contributed by atoms with E-state index < -0.39 is 0 Å². The molecular formula is C45H58N2O. The highest BCUT2D eigenvalue weighted by molar-refractivity contribution is 5.72. The highest BCUT2D eigenvalue weighted by atomic mass is 16.5. The summed E-state index contributed by atoms with van der Waals surface area (Å²) in [7, 11) is 0. The Morgan fingerprint density at radius 3 is 1.54 bits per heavy atom. The van der Waals surface area contributed by atoms with Gasteiger partial charge in [-0.15, -0.1) is 0 Å². The van der Waals surface area contributed by atoms with Crippen molar-refractivity contribution in [2.75, 3.05) is 26.2 Å². The van der Waals surface area contributed by atoms with Crippen molar-refractivity contribution in [3.8, 4) is 16.9 Å². The average molecular weight is 643 g/mol. The van der Waals surface area contributed by atoms with Crippen LogP contribution in [0.1, 0.15) is 99.7 Å². The molecule has 4 aromatic rings. The van der Waals surface area contributed by atoms with Crippen LogP contribution < -0.4 is 4.74 Å². The second-order valence-electron chi connectivity index (χ2n) is 14.9. The topological polar surface area (TPSA) is 15.7 Å². The van der Waals surface area contributed by atoms with Crippen molar-refractivity contribution < 1.29 is 4.74 Å². The summed E-state index contributed by atoms with van der Waals surface area (Å²) in [5.41, 5.74) is 17.9. The van der Waals surface area contributed by atoms with E-state index in [2.05, 4.69) is 112 Å². The zero-order chi connectivity index (χ0) is 33.6. The van der Waals surface area contributed by atoms with Gasteiger partial charge in [0.2, 0.25) is 0 Å². The van der Waals surface area contributed by atoms with Gasteiger partial charge in [-0.2, -0.15) is 0 Å². The molecule has 3 heteroatoms. The molecule has 2 saturated heterocycles. The molecule has 0 amide bonds. The Balaban J connectivity index is 1.13. The molecule has 48 heavy (non-hydrogen) atoms. The van der Waals surface area contributed by atoms with Crippen molar-refractivity contribution in [2.24, 2.45) is 0 Å². The summed E-state index contributed by atoms with van der Waals surface area (Å²) in [6, 6.07) is 23.1. The van der Waals surface area contributed by atoms with Gasteiger partial charge < -0.3 is 4.74 Å². The molecule has 2 aliphatic rings. The summed E-state index contributed by atoms with van der Waals surface area (Å²) in [5, 5.41) is 0. The maximum absolute atomic E-state index is 6.52. The zero-order valence-electron chi connectivity index (χ0n) is 30.7. The summed E-state index contributed by atoms with van der Waals surface area (Å²) in [6.07, 6.45) is 10.2. The minimum absolute atomic E-state index is 0.580. The minimum atomic E-state index is 0.580. The monoisotopic (exact) mass is 642 g/mol. The lowest BCUT2D eigenvalue weighted by Crippen LogP contribution is -2.29. The van der Waals surface area contributed by atoms with Crippen molar-refractivity contribution in [1.29, 1.82) is 0 Å². The van der Waals surface area contributed by atoms with E-state index in [-0.39, 0.29) is 0 Å². The number of benzene rings is 4. The predicted molar refractivity (Wildman–Crippen MR) is 203 cm³/mol. The lowest BCUT2D eigenvalue weighted by molar-refractivity contribution is 0.220. The largest absolute Gasteiger partial charge is 0.489 e. The Labute approximate surface area is 291 Å². The fourth-order valence-corrected chi connectivity index (χ4v) is 8.07. The third kappa shape index (κ3) is 8.24. The highest BCUT2D eigenvalue weighted by Crippen LogP contribution is 2.32. The van der Waals surface area contributed by atoms with Crippen LogP contribution in [0.3, 0.4) is 0 Å². The quantitative estimate of drug-likeness (QED) is 0.162. The van der Waals surface area contributed by atoms with Gasteiger partial charge in [0.1, 0.15) is 12.4 Å². The first-order valence-corrected chi connectivity index (χ1v) is 18.7. The molecule has 0 aromatic heterocycles. The van der Waals surface area contributed by atoms with E-state index in [0.29, 0.717) is 6.61 Å². The normalized spacial score (nSPS) is 16.0. The molecule has 0 aliphatic carbocycles. The number of rotatable bonds is 11. The van der Waals surface area contributed by atoms with Crippen molar-refractivity contribution in [3.63, 3.8) is 0 Å². The Morgan fingerprint density at radius 1 is 0.479 bits per heavy atom. The van der Waals surface area contributed by atoms with Crippen LogP contribution in [0.5, 0.6) is 5.75 Å². The first-order chi connectivity index (χ1) is 23.3. The molecule has 0 atom stereocenters. The standard InChI is InChI=1S/C45H58N2O/c1-32-26-41(29-46-21-9-7-10-22-46)33(2)25-39(32)20-19-38-15-13-17-43(36(38)5)44-18-14-16-40(37(44)6)31-48-45-28-34(3)42(27-35(45)4)30-47-23-11-8-12-24-47/h13-18,25-28H,7-12,19-24,29-31H2,1-6H3. The number of likely N-dealkylation sites (tertiary alicyclic amines) is 2. The van der Waals surface area contributed by atoms with Gasteiger partial charge in [-0.05, 0) is 185 Å². The number of piperidine rings is 2. The van der Waals surface area contributed by atoms with Crippen LogP contribution in [0.4, 0.5) is 0 Å². The van der Waals surface area contributed by atoms with Gasteiger partial charge >= 0.3 is 0 Å². The molecule has 254 valence electrons. The smallest absolute Gasteiger partial charge is 0.123 e. The van der Waals surface area contributed by atoms with Crippen LogP contribution in [0.15, 0.2) is 60.7 Å². The van der Waals surface area contributed by atoms with E-state index in [1.54, 1.807) is 0 Å². The van der Waals surface area contributed by atoms with Gasteiger partial charge in [-0.1, -0.05) is 67.4 Å². The van der Waals surface area contributed by atoms with Crippen LogP contribution in [0, 0.1) is 41.5 Å².